The zero-order chi connectivity index (χ0) is 13.3. The van der Waals surface area contributed by atoms with Crippen molar-refractivity contribution < 1.29 is 26.3 Å². The van der Waals surface area contributed by atoms with E-state index in [4.69, 9.17) is 5.26 Å². The van der Waals surface area contributed by atoms with Crippen LogP contribution >= 0.6 is 0 Å². The monoisotopic (exact) mass is 267 g/mol. The summed E-state index contributed by atoms with van der Waals surface area (Å²) in [5.74, 6) is -1.28. The van der Waals surface area contributed by atoms with Gasteiger partial charge in [0.25, 0.3) is 0 Å². The number of nitrogens with two attached hydrogens (primary N) is 1. The second kappa shape index (κ2) is 4.19. The lowest BCUT2D eigenvalue weighted by Crippen LogP contribution is -2.22. The third-order valence-electron chi connectivity index (χ3n) is 1.46. The van der Waals surface area contributed by atoms with E-state index in [1.165, 1.54) is 6.07 Å². The van der Waals surface area contributed by atoms with Crippen LogP contribution in [0.4, 0.5) is 13.2 Å². The normalized spacial score (nSPS) is 11.9. The maximum absolute atomic E-state index is 12.0. The molecule has 1 aromatic rings. The molecule has 0 spiro atoms. The zero-order valence-electron chi connectivity index (χ0n) is 7.89. The van der Waals surface area contributed by atoms with E-state index in [2.05, 4.69) is 14.9 Å². The lowest BCUT2D eigenvalue weighted by Gasteiger charge is -2.10. The molecule has 0 aliphatic carbocycles. The van der Waals surface area contributed by atoms with Gasteiger partial charge in [-0.05, 0) is 12.1 Å². The smallest absolute Gasteiger partial charge is 0.386 e. The summed E-state index contributed by atoms with van der Waals surface area (Å²) in [5.41, 5.74) is -0.434. The Hall–Kier alpha value is -1.86. The van der Waals surface area contributed by atoms with Crippen LogP contribution in [-0.4, -0.2) is 19.8 Å². The number of ether oxygens (including phenoxy) is 1. The highest BCUT2D eigenvalue weighted by Crippen LogP contribution is 2.27. The molecule has 10 heteroatoms. The topological polar surface area (TPSA) is 106 Å². The largest absolute Gasteiger partial charge is 0.574 e. The Balaban J connectivity index is 3.38. The van der Waals surface area contributed by atoms with E-state index in [-0.39, 0.29) is 0 Å². The summed E-state index contributed by atoms with van der Waals surface area (Å²) in [6, 6.07) is 3.05. The van der Waals surface area contributed by atoms with Gasteiger partial charge in [0.1, 0.15) is 16.7 Å². The van der Waals surface area contributed by atoms with Crippen molar-refractivity contribution in [2.45, 2.75) is 11.3 Å². The van der Waals surface area contributed by atoms with E-state index in [0.717, 1.165) is 6.07 Å². The number of alkyl halides is 3. The number of nitrogens with zero attached hydrogens (tertiary/aromatic N) is 2. The Morgan fingerprint density at radius 1 is 1.41 bits per heavy atom. The van der Waals surface area contributed by atoms with Crippen LogP contribution in [0.1, 0.15) is 5.69 Å². The van der Waals surface area contributed by atoms with Crippen molar-refractivity contribution in [3.63, 3.8) is 0 Å². The van der Waals surface area contributed by atoms with Crippen LogP contribution in [0.5, 0.6) is 5.88 Å². The molecule has 1 heterocycles. The van der Waals surface area contributed by atoms with Crippen LogP contribution < -0.4 is 9.88 Å². The Labute approximate surface area is 93.5 Å². The van der Waals surface area contributed by atoms with E-state index in [1.54, 1.807) is 0 Å². The van der Waals surface area contributed by atoms with Crippen LogP contribution in [0, 0.1) is 11.3 Å². The number of pyridine rings is 1. The molecule has 0 amide bonds. The zero-order valence-corrected chi connectivity index (χ0v) is 8.71. The Morgan fingerprint density at radius 3 is 2.41 bits per heavy atom. The van der Waals surface area contributed by atoms with Crippen LogP contribution in [0.2, 0.25) is 0 Å². The minimum atomic E-state index is -5.14. The van der Waals surface area contributed by atoms with Crippen LogP contribution in [0.15, 0.2) is 17.0 Å². The molecule has 0 unspecified atom stereocenters. The molecule has 0 aliphatic heterocycles. The number of primary sulfonamides is 1. The molecule has 1 rings (SSSR count). The third-order valence-corrected chi connectivity index (χ3v) is 2.38. The Kier molecular flexibility index (Phi) is 3.25. The van der Waals surface area contributed by atoms with Gasteiger partial charge in [-0.1, -0.05) is 0 Å². The molecule has 1 aromatic heterocycles. The first kappa shape index (κ1) is 13.2. The van der Waals surface area contributed by atoms with Crippen molar-refractivity contribution in [1.29, 1.82) is 5.26 Å². The lowest BCUT2D eigenvalue weighted by molar-refractivity contribution is -0.277. The van der Waals surface area contributed by atoms with Crippen molar-refractivity contribution in [3.05, 3.63) is 17.8 Å². The van der Waals surface area contributed by atoms with E-state index in [9.17, 15) is 21.6 Å². The SMILES string of the molecule is N#Cc1ccc(S(N)(=O)=O)c(OC(F)(F)F)n1. The van der Waals surface area contributed by atoms with Gasteiger partial charge in [-0.25, -0.2) is 18.5 Å². The second-order valence-corrected chi connectivity index (χ2v) is 4.23. The Bertz CT molecular complexity index is 576. The van der Waals surface area contributed by atoms with Gasteiger partial charge >= 0.3 is 6.36 Å². The molecule has 0 saturated carbocycles. The van der Waals surface area contributed by atoms with Gasteiger partial charge in [-0.2, -0.15) is 5.26 Å². The summed E-state index contributed by atoms with van der Waals surface area (Å²) < 4.78 is 61.2. The maximum Gasteiger partial charge on any atom is 0.574 e. The highest BCUT2D eigenvalue weighted by molar-refractivity contribution is 7.89. The molecule has 92 valence electrons. The number of rotatable bonds is 2. The second-order valence-electron chi connectivity index (χ2n) is 2.70. The summed E-state index contributed by atoms with van der Waals surface area (Å²) in [6.45, 7) is 0. The number of hydrogen-bond donors (Lipinski definition) is 1. The van der Waals surface area contributed by atoms with Crippen molar-refractivity contribution in [3.8, 4) is 11.9 Å². The van der Waals surface area contributed by atoms with E-state index < -0.39 is 32.9 Å². The summed E-state index contributed by atoms with van der Waals surface area (Å²) in [4.78, 5) is 2.13. The number of nitriles is 1. The number of hydrogen-bond acceptors (Lipinski definition) is 5. The van der Waals surface area contributed by atoms with Crippen LogP contribution in [0.25, 0.3) is 0 Å². The van der Waals surface area contributed by atoms with Crippen LogP contribution in [-0.2, 0) is 10.0 Å². The van der Waals surface area contributed by atoms with Crippen molar-refractivity contribution in [2.24, 2.45) is 5.14 Å². The van der Waals surface area contributed by atoms with Gasteiger partial charge < -0.3 is 4.74 Å². The standard InChI is InChI=1S/C7H4F3N3O3S/c8-7(9,10)16-6-5(17(12,14)15)2-1-4(3-11)13-6/h1-2H,(H2,12,14,15). The fourth-order valence-electron chi connectivity index (χ4n) is 0.889. The van der Waals surface area contributed by atoms with E-state index >= 15 is 0 Å². The first-order valence-electron chi connectivity index (χ1n) is 3.83. The molecule has 0 radical (unpaired) electrons. The van der Waals surface area contributed by atoms with Crippen LogP contribution in [0.3, 0.4) is 0 Å². The average molecular weight is 267 g/mol. The molecule has 0 aromatic carbocycles. The molecular formula is C7H4F3N3O3S. The minimum absolute atomic E-state index is 0.434. The number of sulfonamides is 1. The first-order valence-corrected chi connectivity index (χ1v) is 5.38. The van der Waals surface area contributed by atoms with Gasteiger partial charge in [0.05, 0.1) is 0 Å². The summed E-state index contributed by atoms with van der Waals surface area (Å²) in [5, 5.41) is 13.1. The summed E-state index contributed by atoms with van der Waals surface area (Å²) in [7, 11) is -4.43. The van der Waals surface area contributed by atoms with E-state index in [0.29, 0.717) is 6.07 Å². The molecule has 6 nitrogen and oxygen atoms in total. The van der Waals surface area contributed by atoms with Gasteiger partial charge in [-0.3, -0.25) is 0 Å². The van der Waals surface area contributed by atoms with Gasteiger partial charge in [-0.15, -0.1) is 13.2 Å². The molecular weight excluding hydrogens is 263 g/mol. The molecule has 17 heavy (non-hydrogen) atoms. The van der Waals surface area contributed by atoms with E-state index in [1.807, 2.05) is 0 Å². The first-order chi connectivity index (χ1) is 7.63. The average Bonchev–Trinajstić information content (AvgIpc) is 2.13. The fourth-order valence-corrected chi connectivity index (χ4v) is 1.48. The highest BCUT2D eigenvalue weighted by Gasteiger charge is 2.34. The maximum atomic E-state index is 12.0. The third kappa shape index (κ3) is 3.58. The molecule has 0 fully saturated rings. The van der Waals surface area contributed by atoms with Crippen molar-refractivity contribution in [2.75, 3.05) is 0 Å². The van der Waals surface area contributed by atoms with Gasteiger partial charge in [0.2, 0.25) is 15.9 Å². The molecule has 0 atom stereocenters. The Morgan fingerprint density at radius 2 is 2.00 bits per heavy atom. The predicted molar refractivity (Wildman–Crippen MR) is 47.0 cm³/mol. The minimum Gasteiger partial charge on any atom is -0.386 e. The van der Waals surface area contributed by atoms with Crippen molar-refractivity contribution in [1.82, 2.24) is 4.98 Å². The molecule has 2 N–H and O–H groups in total. The molecule has 0 bridgehead atoms. The summed E-state index contributed by atoms with van der Waals surface area (Å²) >= 11 is 0. The number of halogens is 3. The number of aromatic nitrogens is 1. The van der Waals surface area contributed by atoms with Gasteiger partial charge in [0.15, 0.2) is 0 Å². The highest BCUT2D eigenvalue weighted by atomic mass is 32.2. The predicted octanol–water partition coefficient (Wildman–Crippen LogP) is 0.499. The fraction of sp³-hybridized carbons (Fsp3) is 0.143. The van der Waals surface area contributed by atoms with Crippen molar-refractivity contribution >= 4 is 10.0 Å². The molecule has 0 aliphatic rings. The molecule has 0 saturated heterocycles. The van der Waals surface area contributed by atoms with Gasteiger partial charge in [0, 0.05) is 0 Å². The quantitative estimate of drug-likeness (QED) is 0.839. The lowest BCUT2D eigenvalue weighted by atomic mass is 10.4. The summed E-state index contributed by atoms with van der Waals surface area (Å²) in [6.07, 6.45) is -5.14.